The zero-order valence-corrected chi connectivity index (χ0v) is 19.9. The van der Waals surface area contributed by atoms with Gasteiger partial charge >= 0.3 is 0 Å². The lowest BCUT2D eigenvalue weighted by Gasteiger charge is -2.24. The molecule has 2 aromatic rings. The maximum absolute atomic E-state index is 13.1. The zero-order valence-electron chi connectivity index (χ0n) is 16.9. The number of alkyl halides is 1. The Morgan fingerprint density at radius 1 is 1.21 bits per heavy atom. The largest absolute Gasteiger partial charge is 0.372 e. The number of hydrogen-bond donors (Lipinski definition) is 1. The van der Waals surface area contributed by atoms with Gasteiger partial charge in [-0.25, -0.2) is 4.98 Å². The Balaban J connectivity index is 1.78. The maximum atomic E-state index is 13.1. The van der Waals surface area contributed by atoms with Crippen LogP contribution in [0, 0.1) is 5.92 Å². The van der Waals surface area contributed by atoms with Gasteiger partial charge in [-0.2, -0.15) is 0 Å². The summed E-state index contributed by atoms with van der Waals surface area (Å²) in [6.07, 6.45) is 13.8. The molecule has 0 atom stereocenters. The fourth-order valence-electron chi connectivity index (χ4n) is 4.10. The number of pyridine rings is 1. The summed E-state index contributed by atoms with van der Waals surface area (Å²) in [7, 11) is 2.13. The first-order valence-electron chi connectivity index (χ1n) is 10.6. The van der Waals surface area contributed by atoms with E-state index in [0.29, 0.717) is 0 Å². The van der Waals surface area contributed by atoms with Crippen LogP contribution in [-0.4, -0.2) is 28.9 Å². The van der Waals surface area contributed by atoms with Gasteiger partial charge in [0.2, 0.25) is 5.91 Å². The van der Waals surface area contributed by atoms with Crippen molar-refractivity contribution in [3.8, 4) is 0 Å². The highest BCUT2D eigenvalue weighted by Crippen LogP contribution is 2.36. The van der Waals surface area contributed by atoms with Crippen LogP contribution < -0.4 is 10.2 Å². The first-order valence-corrected chi connectivity index (χ1v) is 13.1. The monoisotopic (exact) mass is 513 g/mol. The van der Waals surface area contributed by atoms with Crippen LogP contribution >= 0.6 is 33.9 Å². The van der Waals surface area contributed by atoms with Crippen LogP contribution in [0.2, 0.25) is 0 Å². The molecule has 2 heterocycles. The fourth-order valence-corrected chi connectivity index (χ4v) is 5.38. The summed E-state index contributed by atoms with van der Waals surface area (Å²) in [5, 5.41) is 6.50. The number of amides is 1. The molecule has 0 unspecified atom stereocenters. The Labute approximate surface area is 186 Å². The molecule has 1 aliphatic rings. The molecule has 28 heavy (non-hydrogen) atoms. The summed E-state index contributed by atoms with van der Waals surface area (Å²) in [5.41, 5.74) is 1.99. The van der Waals surface area contributed by atoms with Gasteiger partial charge < -0.3 is 10.2 Å². The minimum Gasteiger partial charge on any atom is -0.372 e. The lowest BCUT2D eigenvalue weighted by atomic mass is 9.96. The predicted molar refractivity (Wildman–Crippen MR) is 130 cm³/mol. The van der Waals surface area contributed by atoms with E-state index in [1.165, 1.54) is 49.4 Å². The van der Waals surface area contributed by atoms with Crippen LogP contribution in [0.3, 0.4) is 0 Å². The Hall–Kier alpha value is -0.890. The molecule has 0 aliphatic heterocycles. The van der Waals surface area contributed by atoms with Gasteiger partial charge in [0.15, 0.2) is 0 Å². The third kappa shape index (κ3) is 5.81. The van der Waals surface area contributed by atoms with E-state index >= 15 is 0 Å². The number of carbonyl (C=O) groups is 1. The Bertz CT molecular complexity index is 753. The van der Waals surface area contributed by atoms with Crippen molar-refractivity contribution in [3.63, 3.8) is 0 Å². The number of anilines is 2. The summed E-state index contributed by atoms with van der Waals surface area (Å²) in [5.74, 6) is 0.314. The molecule has 154 valence electrons. The minimum atomic E-state index is 0.133. The quantitative estimate of drug-likeness (QED) is 0.257. The van der Waals surface area contributed by atoms with Crippen molar-refractivity contribution >= 4 is 61.4 Å². The van der Waals surface area contributed by atoms with Crippen LogP contribution in [-0.2, 0) is 4.79 Å². The minimum absolute atomic E-state index is 0.133. The molecule has 1 aliphatic carbocycles. The maximum Gasteiger partial charge on any atom is 0.227 e. The highest BCUT2D eigenvalue weighted by Gasteiger charge is 2.22. The first-order chi connectivity index (χ1) is 13.7. The standard InChI is InChI=1S/C22H32IN3OS/c1-26(14-9-8-13-23)20-18-12-15-28-22(18)24-16-19(20)25-21(27)17-10-6-4-2-3-5-7-11-17/h12,15-17H,2-11,13-14H2,1H3,(H,25,27). The molecule has 1 fully saturated rings. The number of thiophene rings is 1. The van der Waals surface area contributed by atoms with Crippen molar-refractivity contribution in [3.05, 3.63) is 17.6 Å². The number of halogens is 1. The van der Waals surface area contributed by atoms with Gasteiger partial charge in [-0.3, -0.25) is 4.79 Å². The topological polar surface area (TPSA) is 45.2 Å². The number of hydrogen-bond acceptors (Lipinski definition) is 4. The van der Waals surface area contributed by atoms with Gasteiger partial charge in [0.25, 0.3) is 0 Å². The zero-order chi connectivity index (χ0) is 19.8. The van der Waals surface area contributed by atoms with E-state index in [-0.39, 0.29) is 11.8 Å². The molecule has 1 N–H and O–H groups in total. The van der Waals surface area contributed by atoms with E-state index < -0.39 is 0 Å². The van der Waals surface area contributed by atoms with Crippen LogP contribution in [0.1, 0.15) is 64.2 Å². The molecule has 1 saturated carbocycles. The van der Waals surface area contributed by atoms with Gasteiger partial charge in [-0.1, -0.05) is 61.1 Å². The lowest BCUT2D eigenvalue weighted by Crippen LogP contribution is -2.26. The third-order valence-electron chi connectivity index (χ3n) is 5.71. The third-order valence-corrected chi connectivity index (χ3v) is 7.29. The fraction of sp³-hybridized carbons (Fsp3) is 0.636. The number of nitrogens with one attached hydrogen (secondary N) is 1. The molecule has 6 heteroatoms. The summed E-state index contributed by atoms with van der Waals surface area (Å²) >= 11 is 4.09. The second-order valence-corrected chi connectivity index (χ2v) is 9.84. The van der Waals surface area contributed by atoms with Crippen molar-refractivity contribution in [1.82, 2.24) is 4.98 Å². The second kappa shape index (κ2) is 11.3. The average molecular weight is 513 g/mol. The molecule has 0 spiro atoms. The normalized spacial score (nSPS) is 16.4. The summed E-state index contributed by atoms with van der Waals surface area (Å²) in [6.45, 7) is 0.990. The van der Waals surface area contributed by atoms with Crippen LogP contribution in [0.5, 0.6) is 0 Å². The van der Waals surface area contributed by atoms with E-state index in [1.807, 2.05) is 6.20 Å². The molecule has 4 nitrogen and oxygen atoms in total. The molecule has 0 bridgehead atoms. The van der Waals surface area contributed by atoms with Crippen LogP contribution in [0.4, 0.5) is 11.4 Å². The molecular formula is C22H32IN3OS. The van der Waals surface area contributed by atoms with Gasteiger partial charge in [-0.05, 0) is 41.6 Å². The number of aromatic nitrogens is 1. The van der Waals surface area contributed by atoms with Crippen molar-refractivity contribution in [2.45, 2.75) is 64.2 Å². The molecular weight excluding hydrogens is 481 g/mol. The molecule has 2 aromatic heterocycles. The molecule has 0 radical (unpaired) electrons. The van der Waals surface area contributed by atoms with Crippen LogP contribution in [0.25, 0.3) is 10.2 Å². The first kappa shape index (κ1) is 21.8. The number of unbranched alkanes of at least 4 members (excludes halogenated alkanes) is 1. The Morgan fingerprint density at radius 3 is 2.64 bits per heavy atom. The van der Waals surface area contributed by atoms with Crippen molar-refractivity contribution in [2.75, 3.05) is 28.2 Å². The van der Waals surface area contributed by atoms with Gasteiger partial charge in [0, 0.05) is 24.9 Å². The second-order valence-electron chi connectivity index (χ2n) is 7.86. The average Bonchev–Trinajstić information content (AvgIpc) is 3.20. The smallest absolute Gasteiger partial charge is 0.227 e. The molecule has 3 rings (SSSR count). The Kier molecular flexibility index (Phi) is 8.83. The number of fused-ring (bicyclic) bond motifs is 1. The number of nitrogens with zero attached hydrogens (tertiary/aromatic N) is 2. The number of carbonyl (C=O) groups excluding carboxylic acids is 1. The van der Waals surface area contributed by atoms with E-state index in [9.17, 15) is 4.79 Å². The molecule has 0 aromatic carbocycles. The van der Waals surface area contributed by atoms with Gasteiger partial charge in [0.1, 0.15) is 4.83 Å². The summed E-state index contributed by atoms with van der Waals surface area (Å²) in [6, 6.07) is 2.13. The van der Waals surface area contributed by atoms with Crippen LogP contribution in [0.15, 0.2) is 17.6 Å². The number of rotatable bonds is 7. The van der Waals surface area contributed by atoms with E-state index in [0.717, 1.165) is 47.4 Å². The van der Waals surface area contributed by atoms with E-state index in [2.05, 4.69) is 56.3 Å². The van der Waals surface area contributed by atoms with Crippen molar-refractivity contribution < 1.29 is 4.79 Å². The predicted octanol–water partition coefficient (Wildman–Crippen LogP) is 6.64. The lowest BCUT2D eigenvalue weighted by molar-refractivity contribution is -0.120. The highest BCUT2D eigenvalue weighted by molar-refractivity contribution is 14.1. The highest BCUT2D eigenvalue weighted by atomic mass is 127. The van der Waals surface area contributed by atoms with Crippen molar-refractivity contribution in [2.24, 2.45) is 5.92 Å². The van der Waals surface area contributed by atoms with Gasteiger partial charge in [0.05, 0.1) is 17.6 Å². The molecule has 0 saturated heterocycles. The summed E-state index contributed by atoms with van der Waals surface area (Å²) < 4.78 is 1.18. The van der Waals surface area contributed by atoms with E-state index in [1.54, 1.807) is 11.3 Å². The van der Waals surface area contributed by atoms with Crippen molar-refractivity contribution in [1.29, 1.82) is 0 Å². The SMILES string of the molecule is CN(CCCCI)c1c(NC(=O)C2CCCCCCCC2)cnc2sccc12. The van der Waals surface area contributed by atoms with E-state index in [4.69, 9.17) is 0 Å². The molecule has 1 amide bonds. The van der Waals surface area contributed by atoms with Gasteiger partial charge in [-0.15, -0.1) is 11.3 Å². The Morgan fingerprint density at radius 2 is 1.93 bits per heavy atom. The summed E-state index contributed by atoms with van der Waals surface area (Å²) in [4.78, 5) is 21.0.